The highest BCUT2D eigenvalue weighted by Gasteiger charge is 2.42. The number of alkyl carbamates (subject to hydrolysis) is 1. The Morgan fingerprint density at radius 3 is 2.65 bits per heavy atom. The Morgan fingerprint density at radius 2 is 1.92 bits per heavy atom. The van der Waals surface area contributed by atoms with Gasteiger partial charge in [-0.1, -0.05) is 12.1 Å². The van der Waals surface area contributed by atoms with E-state index in [2.05, 4.69) is 47.2 Å². The van der Waals surface area contributed by atoms with E-state index in [-0.39, 0.29) is 11.7 Å². The molecule has 1 aromatic carbocycles. The Bertz CT molecular complexity index is 669. The van der Waals surface area contributed by atoms with Gasteiger partial charge in [-0.2, -0.15) is 0 Å². The molecule has 3 saturated heterocycles. The van der Waals surface area contributed by atoms with Crippen molar-refractivity contribution in [3.8, 4) is 0 Å². The molecule has 26 heavy (non-hydrogen) atoms. The minimum Gasteiger partial charge on any atom is -0.441 e. The first-order valence-electron chi connectivity index (χ1n) is 10.1. The lowest BCUT2D eigenvalue weighted by Gasteiger charge is -2.40. The number of hydrogen-bond acceptors (Lipinski definition) is 4. The zero-order chi connectivity index (χ0) is 18.1. The second-order valence-corrected chi connectivity index (χ2v) is 8.25. The number of piperidine rings is 1. The van der Waals surface area contributed by atoms with E-state index in [1.165, 1.54) is 29.7 Å². The van der Waals surface area contributed by atoms with Crippen LogP contribution in [-0.4, -0.2) is 55.4 Å². The number of anilines is 1. The number of rotatable bonds is 2. The van der Waals surface area contributed by atoms with Gasteiger partial charge in [0.25, 0.3) is 0 Å². The third kappa shape index (κ3) is 3.41. The maximum atomic E-state index is 11.5. The SMILES string of the molecule is Cc1cccc(N2CCC(N3CCCC4(CC3)CNC(=O)O4)CC2)c1C. The van der Waals surface area contributed by atoms with Gasteiger partial charge in [0.15, 0.2) is 0 Å². The van der Waals surface area contributed by atoms with E-state index >= 15 is 0 Å². The van der Waals surface area contributed by atoms with Gasteiger partial charge in [-0.15, -0.1) is 0 Å². The van der Waals surface area contributed by atoms with Crippen molar-refractivity contribution >= 4 is 11.8 Å². The van der Waals surface area contributed by atoms with Crippen LogP contribution in [0.4, 0.5) is 10.5 Å². The number of aryl methyl sites for hydroxylation is 1. The summed E-state index contributed by atoms with van der Waals surface area (Å²) in [4.78, 5) is 16.7. The van der Waals surface area contributed by atoms with Crippen LogP contribution in [0.2, 0.25) is 0 Å². The maximum absolute atomic E-state index is 11.5. The van der Waals surface area contributed by atoms with Gasteiger partial charge >= 0.3 is 6.09 Å². The van der Waals surface area contributed by atoms with Gasteiger partial charge in [-0.05, 0) is 63.3 Å². The molecule has 3 aliphatic rings. The van der Waals surface area contributed by atoms with Crippen molar-refractivity contribution in [2.45, 2.75) is 57.6 Å². The van der Waals surface area contributed by atoms with Crippen molar-refractivity contribution in [2.24, 2.45) is 0 Å². The molecule has 1 spiro atoms. The van der Waals surface area contributed by atoms with E-state index in [1.807, 2.05) is 0 Å². The monoisotopic (exact) mass is 357 g/mol. The maximum Gasteiger partial charge on any atom is 0.407 e. The molecule has 1 atom stereocenters. The predicted octanol–water partition coefficient (Wildman–Crippen LogP) is 3.24. The van der Waals surface area contributed by atoms with Gasteiger partial charge in [0.05, 0.1) is 6.54 Å². The minimum atomic E-state index is -0.245. The van der Waals surface area contributed by atoms with E-state index in [9.17, 15) is 4.79 Å². The number of nitrogens with zero attached hydrogens (tertiary/aromatic N) is 2. The molecule has 3 heterocycles. The summed E-state index contributed by atoms with van der Waals surface area (Å²) in [5.74, 6) is 0. The zero-order valence-electron chi connectivity index (χ0n) is 16.1. The van der Waals surface area contributed by atoms with E-state index in [1.54, 1.807) is 0 Å². The summed E-state index contributed by atoms with van der Waals surface area (Å²) in [6.45, 7) is 9.56. The fourth-order valence-corrected chi connectivity index (χ4v) is 4.88. The summed E-state index contributed by atoms with van der Waals surface area (Å²) < 4.78 is 5.62. The normalized spacial score (nSPS) is 28.1. The number of hydrogen-bond donors (Lipinski definition) is 1. The number of likely N-dealkylation sites (tertiary alicyclic amines) is 1. The third-order valence-electron chi connectivity index (χ3n) is 6.69. The Balaban J connectivity index is 1.35. The smallest absolute Gasteiger partial charge is 0.407 e. The van der Waals surface area contributed by atoms with E-state index in [0.29, 0.717) is 12.6 Å². The topological polar surface area (TPSA) is 44.8 Å². The Morgan fingerprint density at radius 1 is 1.12 bits per heavy atom. The molecule has 0 saturated carbocycles. The van der Waals surface area contributed by atoms with Crippen LogP contribution in [-0.2, 0) is 4.74 Å². The van der Waals surface area contributed by atoms with Crippen LogP contribution >= 0.6 is 0 Å². The van der Waals surface area contributed by atoms with E-state index in [0.717, 1.165) is 45.4 Å². The summed E-state index contributed by atoms with van der Waals surface area (Å²) in [5, 5.41) is 2.85. The van der Waals surface area contributed by atoms with Gasteiger partial charge in [0.2, 0.25) is 0 Å². The molecule has 1 N–H and O–H groups in total. The average Bonchev–Trinajstić information content (AvgIpc) is 2.88. The molecule has 4 rings (SSSR count). The van der Waals surface area contributed by atoms with Crippen LogP contribution in [0.15, 0.2) is 18.2 Å². The molecule has 1 unspecified atom stereocenters. The van der Waals surface area contributed by atoms with Crippen molar-refractivity contribution in [3.05, 3.63) is 29.3 Å². The largest absolute Gasteiger partial charge is 0.441 e. The number of carbonyl (C=O) groups is 1. The summed E-state index contributed by atoms with van der Waals surface area (Å²) in [6.07, 6.45) is 5.27. The van der Waals surface area contributed by atoms with Crippen molar-refractivity contribution in [3.63, 3.8) is 0 Å². The predicted molar refractivity (Wildman–Crippen MR) is 104 cm³/mol. The van der Waals surface area contributed by atoms with Gasteiger partial charge < -0.3 is 19.9 Å². The lowest BCUT2D eigenvalue weighted by atomic mass is 9.95. The molecule has 0 radical (unpaired) electrons. The van der Waals surface area contributed by atoms with Crippen LogP contribution in [0.3, 0.4) is 0 Å². The van der Waals surface area contributed by atoms with Crippen LogP contribution in [0.1, 0.15) is 43.2 Å². The molecular formula is C21H31N3O2. The second-order valence-electron chi connectivity index (χ2n) is 8.25. The molecule has 3 aliphatic heterocycles. The molecule has 142 valence electrons. The molecule has 3 fully saturated rings. The fraction of sp³-hybridized carbons (Fsp3) is 0.667. The van der Waals surface area contributed by atoms with Gasteiger partial charge in [-0.3, -0.25) is 0 Å². The number of carbonyl (C=O) groups excluding carboxylic acids is 1. The molecule has 0 aromatic heterocycles. The molecule has 5 nitrogen and oxygen atoms in total. The van der Waals surface area contributed by atoms with Crippen molar-refractivity contribution < 1.29 is 9.53 Å². The lowest BCUT2D eigenvalue weighted by Crippen LogP contribution is -2.46. The number of ether oxygens (including phenoxy) is 1. The van der Waals surface area contributed by atoms with Gasteiger partial charge in [0, 0.05) is 37.8 Å². The molecular weight excluding hydrogens is 326 g/mol. The lowest BCUT2D eigenvalue weighted by molar-refractivity contribution is 0.0426. The van der Waals surface area contributed by atoms with Crippen molar-refractivity contribution in [1.82, 2.24) is 10.2 Å². The molecule has 0 bridgehead atoms. The Labute approximate surface area is 156 Å². The Hall–Kier alpha value is -1.75. The standard InChI is InChI=1S/C21H31N3O2/c1-16-5-3-6-19(17(16)2)24-12-7-18(8-13-24)23-11-4-9-21(10-14-23)15-22-20(25)26-21/h3,5-6,18H,4,7-15H2,1-2H3,(H,22,25). The molecule has 1 aromatic rings. The van der Waals surface area contributed by atoms with Crippen molar-refractivity contribution in [1.29, 1.82) is 0 Å². The van der Waals surface area contributed by atoms with Crippen LogP contribution in [0.5, 0.6) is 0 Å². The second kappa shape index (κ2) is 7.10. The highest BCUT2D eigenvalue weighted by Crippen LogP contribution is 2.32. The fourth-order valence-electron chi connectivity index (χ4n) is 4.88. The van der Waals surface area contributed by atoms with E-state index < -0.39 is 0 Å². The van der Waals surface area contributed by atoms with Crippen LogP contribution in [0, 0.1) is 13.8 Å². The minimum absolute atomic E-state index is 0.236. The highest BCUT2D eigenvalue weighted by atomic mass is 16.6. The average molecular weight is 357 g/mol. The van der Waals surface area contributed by atoms with Gasteiger partial charge in [0.1, 0.15) is 5.60 Å². The number of benzene rings is 1. The van der Waals surface area contributed by atoms with Crippen molar-refractivity contribution in [2.75, 3.05) is 37.6 Å². The first-order chi connectivity index (χ1) is 12.6. The van der Waals surface area contributed by atoms with E-state index in [4.69, 9.17) is 4.74 Å². The summed E-state index contributed by atoms with van der Waals surface area (Å²) >= 11 is 0. The number of amides is 1. The quantitative estimate of drug-likeness (QED) is 0.883. The summed E-state index contributed by atoms with van der Waals surface area (Å²) in [5.41, 5.74) is 3.95. The third-order valence-corrected chi connectivity index (χ3v) is 6.69. The summed E-state index contributed by atoms with van der Waals surface area (Å²) in [7, 11) is 0. The first-order valence-corrected chi connectivity index (χ1v) is 10.1. The number of nitrogens with one attached hydrogen (secondary N) is 1. The van der Waals surface area contributed by atoms with Crippen LogP contribution in [0.25, 0.3) is 0 Å². The first kappa shape index (κ1) is 17.7. The molecule has 1 amide bonds. The van der Waals surface area contributed by atoms with Gasteiger partial charge in [-0.25, -0.2) is 4.79 Å². The molecule has 5 heteroatoms. The van der Waals surface area contributed by atoms with Crippen LogP contribution < -0.4 is 10.2 Å². The summed E-state index contributed by atoms with van der Waals surface area (Å²) in [6, 6.07) is 7.30. The molecule has 0 aliphatic carbocycles. The Kier molecular flexibility index (Phi) is 4.82. The zero-order valence-corrected chi connectivity index (χ0v) is 16.1. The highest BCUT2D eigenvalue weighted by molar-refractivity contribution is 5.70.